The van der Waals surface area contributed by atoms with Crippen LogP contribution < -0.4 is 21.7 Å². The van der Waals surface area contributed by atoms with Crippen molar-refractivity contribution in [3.05, 3.63) is 71.3 Å². The predicted octanol–water partition coefficient (Wildman–Crippen LogP) is 3.88. The van der Waals surface area contributed by atoms with E-state index in [-0.39, 0.29) is 29.5 Å². The molecule has 0 aliphatic carbocycles. The standard InChI is InChI=1S/C33H49N5O4/c1-7-17-38(18-8-2)33(42)27-16-12-15-26(20-27)31(40)36-24(6)28(34)19-23(5)30(39)37-29(22(3)4)32(41)35-21-25-13-10-9-11-14-25/h9-16,20,22-24,28-29H,7-8,17-19,21,34H2,1-6H3,(H,35,41)(H,36,40)(H,37,39)/t23-,24+,28+,29+/m1/s1. The van der Waals surface area contributed by atoms with Crippen molar-refractivity contribution in [1.82, 2.24) is 20.9 Å². The van der Waals surface area contributed by atoms with Gasteiger partial charge in [-0.3, -0.25) is 19.2 Å². The first-order valence-corrected chi connectivity index (χ1v) is 15.1. The summed E-state index contributed by atoms with van der Waals surface area (Å²) in [4.78, 5) is 53.7. The summed E-state index contributed by atoms with van der Waals surface area (Å²) in [5.41, 5.74) is 8.22. The zero-order chi connectivity index (χ0) is 31.2. The van der Waals surface area contributed by atoms with Crippen molar-refractivity contribution in [2.45, 2.75) is 85.5 Å². The molecule has 230 valence electrons. The van der Waals surface area contributed by atoms with Crippen molar-refractivity contribution in [2.75, 3.05) is 13.1 Å². The lowest BCUT2D eigenvalue weighted by Crippen LogP contribution is -2.52. The van der Waals surface area contributed by atoms with Gasteiger partial charge in [0, 0.05) is 48.8 Å². The Kier molecular flexibility index (Phi) is 14.2. The highest BCUT2D eigenvalue weighted by Crippen LogP contribution is 2.13. The highest BCUT2D eigenvalue weighted by molar-refractivity contribution is 5.99. The molecule has 0 spiro atoms. The average molecular weight is 580 g/mol. The number of hydrogen-bond acceptors (Lipinski definition) is 5. The Balaban J connectivity index is 1.94. The lowest BCUT2D eigenvalue weighted by atomic mass is 9.95. The van der Waals surface area contributed by atoms with E-state index in [1.54, 1.807) is 43.0 Å². The quantitative estimate of drug-likeness (QED) is 0.240. The van der Waals surface area contributed by atoms with Crippen LogP contribution in [0.25, 0.3) is 0 Å². The van der Waals surface area contributed by atoms with Gasteiger partial charge in [-0.05, 0) is 55.9 Å². The van der Waals surface area contributed by atoms with Crippen LogP contribution in [0.4, 0.5) is 0 Å². The molecule has 0 saturated carbocycles. The van der Waals surface area contributed by atoms with Gasteiger partial charge in [-0.25, -0.2) is 0 Å². The fourth-order valence-electron chi connectivity index (χ4n) is 4.67. The first-order valence-electron chi connectivity index (χ1n) is 15.1. The normalized spacial score (nSPS) is 13.9. The minimum atomic E-state index is -0.683. The van der Waals surface area contributed by atoms with Crippen molar-refractivity contribution in [2.24, 2.45) is 17.6 Å². The van der Waals surface area contributed by atoms with Crippen LogP contribution in [0.1, 0.15) is 87.1 Å². The van der Waals surface area contributed by atoms with E-state index in [1.165, 1.54) is 0 Å². The van der Waals surface area contributed by atoms with E-state index in [9.17, 15) is 19.2 Å². The molecule has 0 heterocycles. The van der Waals surface area contributed by atoms with Crippen LogP contribution >= 0.6 is 0 Å². The van der Waals surface area contributed by atoms with Gasteiger partial charge in [0.15, 0.2) is 0 Å². The molecule has 2 rings (SSSR count). The van der Waals surface area contributed by atoms with E-state index in [0.29, 0.717) is 37.2 Å². The Hall–Kier alpha value is -3.72. The van der Waals surface area contributed by atoms with Gasteiger partial charge < -0.3 is 26.6 Å². The molecule has 9 heteroatoms. The lowest BCUT2D eigenvalue weighted by molar-refractivity contribution is -0.132. The van der Waals surface area contributed by atoms with Gasteiger partial charge in [0.1, 0.15) is 6.04 Å². The SMILES string of the molecule is CCCN(CCC)C(=O)c1cccc(C(=O)N[C@@H](C)[C@@H](N)C[C@@H](C)C(=O)N[C@H](C(=O)NCc2ccccc2)C(C)C)c1. The van der Waals surface area contributed by atoms with Gasteiger partial charge in [-0.2, -0.15) is 0 Å². The van der Waals surface area contributed by atoms with Gasteiger partial charge >= 0.3 is 0 Å². The number of hydrogen-bond donors (Lipinski definition) is 4. The van der Waals surface area contributed by atoms with Gasteiger partial charge in [0.25, 0.3) is 11.8 Å². The number of nitrogens with zero attached hydrogens (tertiary/aromatic N) is 1. The summed E-state index contributed by atoms with van der Waals surface area (Å²) in [5, 5.41) is 8.69. The topological polar surface area (TPSA) is 134 Å². The van der Waals surface area contributed by atoms with E-state index in [2.05, 4.69) is 16.0 Å². The van der Waals surface area contributed by atoms with Gasteiger partial charge in [0.2, 0.25) is 11.8 Å². The summed E-state index contributed by atoms with van der Waals surface area (Å²) in [6.07, 6.45) is 2.03. The van der Waals surface area contributed by atoms with Crippen LogP contribution in [-0.4, -0.2) is 59.7 Å². The van der Waals surface area contributed by atoms with Crippen molar-refractivity contribution in [1.29, 1.82) is 0 Å². The van der Waals surface area contributed by atoms with Crippen LogP contribution in [-0.2, 0) is 16.1 Å². The Labute approximate surface area is 251 Å². The second-order valence-electron chi connectivity index (χ2n) is 11.4. The first kappa shape index (κ1) is 34.5. The summed E-state index contributed by atoms with van der Waals surface area (Å²) < 4.78 is 0. The number of amides is 4. The van der Waals surface area contributed by atoms with Crippen LogP contribution in [0.15, 0.2) is 54.6 Å². The van der Waals surface area contributed by atoms with Crippen molar-refractivity contribution < 1.29 is 19.2 Å². The highest BCUT2D eigenvalue weighted by atomic mass is 16.2. The Bertz CT molecular complexity index is 1160. The zero-order valence-corrected chi connectivity index (χ0v) is 26.0. The number of nitrogens with two attached hydrogens (primary N) is 1. The maximum absolute atomic E-state index is 13.0. The van der Waals surface area contributed by atoms with Crippen LogP contribution in [0.5, 0.6) is 0 Å². The largest absolute Gasteiger partial charge is 0.350 e. The molecule has 5 N–H and O–H groups in total. The smallest absolute Gasteiger partial charge is 0.253 e. The van der Waals surface area contributed by atoms with Crippen molar-refractivity contribution in [3.8, 4) is 0 Å². The summed E-state index contributed by atoms with van der Waals surface area (Å²) in [6, 6.07) is 14.7. The summed E-state index contributed by atoms with van der Waals surface area (Å²) in [7, 11) is 0. The highest BCUT2D eigenvalue weighted by Gasteiger charge is 2.28. The number of carbonyl (C=O) groups excluding carboxylic acids is 4. The number of benzene rings is 2. The van der Waals surface area contributed by atoms with Crippen LogP contribution in [0, 0.1) is 11.8 Å². The summed E-state index contributed by atoms with van der Waals surface area (Å²) >= 11 is 0. The van der Waals surface area contributed by atoms with Gasteiger partial charge in [-0.15, -0.1) is 0 Å². The number of carbonyl (C=O) groups is 4. The zero-order valence-electron chi connectivity index (χ0n) is 26.0. The molecule has 0 unspecified atom stereocenters. The molecule has 0 aliphatic rings. The summed E-state index contributed by atoms with van der Waals surface area (Å²) in [6.45, 7) is 13.1. The van der Waals surface area contributed by atoms with E-state index in [1.807, 2.05) is 58.0 Å². The lowest BCUT2D eigenvalue weighted by Gasteiger charge is -2.26. The molecule has 0 aliphatic heterocycles. The molecule has 4 amide bonds. The molecule has 9 nitrogen and oxygen atoms in total. The molecule has 2 aromatic rings. The fourth-order valence-corrected chi connectivity index (χ4v) is 4.67. The maximum atomic E-state index is 13.0. The molecule has 2 aromatic carbocycles. The second kappa shape index (κ2) is 17.3. The van der Waals surface area contributed by atoms with Gasteiger partial charge in [0.05, 0.1) is 0 Å². The third-order valence-electron chi connectivity index (χ3n) is 7.28. The Morgan fingerprint density at radius 1 is 0.810 bits per heavy atom. The number of nitrogens with one attached hydrogen (secondary N) is 3. The monoisotopic (exact) mass is 579 g/mol. The van der Waals surface area contributed by atoms with Crippen molar-refractivity contribution >= 4 is 23.6 Å². The average Bonchev–Trinajstić information content (AvgIpc) is 2.98. The van der Waals surface area contributed by atoms with Crippen molar-refractivity contribution in [3.63, 3.8) is 0 Å². The molecular weight excluding hydrogens is 530 g/mol. The van der Waals surface area contributed by atoms with E-state index in [0.717, 1.165) is 18.4 Å². The van der Waals surface area contributed by atoms with E-state index in [4.69, 9.17) is 5.73 Å². The van der Waals surface area contributed by atoms with E-state index >= 15 is 0 Å². The van der Waals surface area contributed by atoms with Crippen LogP contribution in [0.2, 0.25) is 0 Å². The maximum Gasteiger partial charge on any atom is 0.253 e. The van der Waals surface area contributed by atoms with E-state index < -0.39 is 24.0 Å². The summed E-state index contributed by atoms with van der Waals surface area (Å²) in [5.74, 6) is -1.53. The molecule has 0 saturated heterocycles. The Morgan fingerprint density at radius 2 is 1.43 bits per heavy atom. The third-order valence-corrected chi connectivity index (χ3v) is 7.28. The molecular formula is C33H49N5O4. The minimum Gasteiger partial charge on any atom is -0.350 e. The molecule has 42 heavy (non-hydrogen) atoms. The minimum absolute atomic E-state index is 0.0913. The molecule has 0 bridgehead atoms. The first-order chi connectivity index (χ1) is 20.0. The molecule has 4 atom stereocenters. The molecule has 0 radical (unpaired) electrons. The second-order valence-corrected chi connectivity index (χ2v) is 11.4. The van der Waals surface area contributed by atoms with Gasteiger partial charge in [-0.1, -0.05) is 71.0 Å². The fraction of sp³-hybridized carbons (Fsp3) is 0.515. The number of rotatable bonds is 16. The third kappa shape index (κ3) is 10.6. The molecule has 0 fully saturated rings. The predicted molar refractivity (Wildman–Crippen MR) is 167 cm³/mol. The van der Waals surface area contributed by atoms with Crippen LogP contribution in [0.3, 0.4) is 0 Å². The Morgan fingerprint density at radius 3 is 2.02 bits per heavy atom. The molecule has 0 aromatic heterocycles.